The fraction of sp³-hybridized carbons (Fsp3) is 0.278. The van der Waals surface area contributed by atoms with Gasteiger partial charge < -0.3 is 9.84 Å². The van der Waals surface area contributed by atoms with Crippen molar-refractivity contribution >= 4 is 5.97 Å². The lowest BCUT2D eigenvalue weighted by Gasteiger charge is -2.08. The zero-order valence-electron chi connectivity index (χ0n) is 12.2. The van der Waals surface area contributed by atoms with E-state index in [4.69, 9.17) is 4.74 Å². The predicted molar refractivity (Wildman–Crippen MR) is 83.4 cm³/mol. The van der Waals surface area contributed by atoms with E-state index in [1.54, 1.807) is 12.1 Å². The summed E-state index contributed by atoms with van der Waals surface area (Å²) < 4.78 is 5.57. The van der Waals surface area contributed by atoms with Gasteiger partial charge in [-0.25, -0.2) is 4.79 Å². The maximum Gasteiger partial charge on any atom is 0.336 e. The van der Waals surface area contributed by atoms with Crippen molar-refractivity contribution in [3.8, 4) is 11.1 Å². The standard InChI is InChI=1S/C18H20O3/c1-2-3-12-21-13-14-8-10-15(11-9-14)16-6-4-5-7-17(16)18(19)20/h4-11H,2-3,12-13H2,1H3,(H,19,20). The summed E-state index contributed by atoms with van der Waals surface area (Å²) in [4.78, 5) is 11.2. The summed E-state index contributed by atoms with van der Waals surface area (Å²) in [5, 5.41) is 9.23. The molecule has 0 saturated heterocycles. The smallest absolute Gasteiger partial charge is 0.336 e. The Morgan fingerprint density at radius 3 is 2.48 bits per heavy atom. The van der Waals surface area contributed by atoms with Crippen LogP contribution in [0, 0.1) is 0 Å². The summed E-state index contributed by atoms with van der Waals surface area (Å²) in [6.07, 6.45) is 2.20. The molecular formula is C18H20O3. The van der Waals surface area contributed by atoms with Crippen LogP contribution in [0.3, 0.4) is 0 Å². The molecule has 3 nitrogen and oxygen atoms in total. The Morgan fingerprint density at radius 1 is 1.10 bits per heavy atom. The van der Waals surface area contributed by atoms with Crippen LogP contribution in [0.1, 0.15) is 35.7 Å². The molecule has 0 unspecified atom stereocenters. The fourth-order valence-electron chi connectivity index (χ4n) is 2.14. The fourth-order valence-corrected chi connectivity index (χ4v) is 2.14. The van der Waals surface area contributed by atoms with Gasteiger partial charge in [-0.1, -0.05) is 55.8 Å². The number of carboxylic acids is 1. The summed E-state index contributed by atoms with van der Waals surface area (Å²) in [5.41, 5.74) is 3.07. The minimum absolute atomic E-state index is 0.324. The third kappa shape index (κ3) is 4.17. The number of rotatable bonds is 7. The molecule has 0 saturated carbocycles. The van der Waals surface area contributed by atoms with E-state index >= 15 is 0 Å². The average molecular weight is 284 g/mol. The highest BCUT2D eigenvalue weighted by molar-refractivity contribution is 5.95. The van der Waals surface area contributed by atoms with Crippen LogP contribution in [0.5, 0.6) is 0 Å². The van der Waals surface area contributed by atoms with Crippen LogP contribution < -0.4 is 0 Å². The van der Waals surface area contributed by atoms with Crippen molar-refractivity contribution in [2.45, 2.75) is 26.4 Å². The van der Waals surface area contributed by atoms with Gasteiger partial charge in [-0.2, -0.15) is 0 Å². The lowest BCUT2D eigenvalue weighted by Crippen LogP contribution is -1.99. The molecule has 1 N–H and O–H groups in total. The van der Waals surface area contributed by atoms with E-state index in [1.165, 1.54) is 0 Å². The van der Waals surface area contributed by atoms with Crippen molar-refractivity contribution in [3.05, 3.63) is 59.7 Å². The average Bonchev–Trinajstić information content (AvgIpc) is 2.52. The lowest BCUT2D eigenvalue weighted by molar-refractivity contribution is 0.0697. The first-order chi connectivity index (χ1) is 10.2. The Hall–Kier alpha value is -2.13. The van der Waals surface area contributed by atoms with Gasteiger partial charge in [-0.15, -0.1) is 0 Å². The first kappa shape index (κ1) is 15.3. The zero-order valence-corrected chi connectivity index (χ0v) is 12.2. The first-order valence-corrected chi connectivity index (χ1v) is 7.21. The largest absolute Gasteiger partial charge is 0.478 e. The third-order valence-corrected chi connectivity index (χ3v) is 3.33. The van der Waals surface area contributed by atoms with Gasteiger partial charge in [-0.3, -0.25) is 0 Å². The predicted octanol–water partition coefficient (Wildman–Crippen LogP) is 4.37. The van der Waals surface area contributed by atoms with E-state index in [0.29, 0.717) is 12.2 Å². The lowest BCUT2D eigenvalue weighted by atomic mass is 9.99. The highest BCUT2D eigenvalue weighted by Gasteiger charge is 2.10. The molecule has 2 aromatic rings. The molecule has 0 bridgehead atoms. The third-order valence-electron chi connectivity index (χ3n) is 3.33. The van der Waals surface area contributed by atoms with Gasteiger partial charge in [0.25, 0.3) is 0 Å². The molecule has 0 spiro atoms. The molecule has 0 aliphatic heterocycles. The number of unbranched alkanes of at least 4 members (excludes halogenated alkanes) is 1. The number of aromatic carboxylic acids is 1. The van der Waals surface area contributed by atoms with Crippen LogP contribution in [0.25, 0.3) is 11.1 Å². The topological polar surface area (TPSA) is 46.5 Å². The Bertz CT molecular complexity index is 588. The van der Waals surface area contributed by atoms with Crippen LogP contribution >= 0.6 is 0 Å². The van der Waals surface area contributed by atoms with Crippen LogP contribution in [0.4, 0.5) is 0 Å². The van der Waals surface area contributed by atoms with E-state index < -0.39 is 5.97 Å². The van der Waals surface area contributed by atoms with Crippen molar-refractivity contribution in [1.29, 1.82) is 0 Å². The second-order valence-corrected chi connectivity index (χ2v) is 4.95. The highest BCUT2D eigenvalue weighted by Crippen LogP contribution is 2.24. The van der Waals surface area contributed by atoms with E-state index in [0.717, 1.165) is 36.1 Å². The molecule has 3 heteroatoms. The van der Waals surface area contributed by atoms with Crippen molar-refractivity contribution in [3.63, 3.8) is 0 Å². The summed E-state index contributed by atoms with van der Waals surface area (Å²) in [6.45, 7) is 3.51. The van der Waals surface area contributed by atoms with Gasteiger partial charge in [0.15, 0.2) is 0 Å². The Balaban J connectivity index is 2.10. The Morgan fingerprint density at radius 2 is 1.81 bits per heavy atom. The quantitative estimate of drug-likeness (QED) is 0.768. The number of ether oxygens (including phenoxy) is 1. The molecule has 0 heterocycles. The number of carbonyl (C=O) groups is 1. The molecule has 0 aliphatic carbocycles. The van der Waals surface area contributed by atoms with E-state index in [-0.39, 0.29) is 0 Å². The van der Waals surface area contributed by atoms with Crippen molar-refractivity contribution in [1.82, 2.24) is 0 Å². The summed E-state index contributed by atoms with van der Waals surface area (Å²) in [5.74, 6) is -0.905. The van der Waals surface area contributed by atoms with E-state index in [1.807, 2.05) is 36.4 Å². The summed E-state index contributed by atoms with van der Waals surface area (Å²) in [7, 11) is 0. The molecule has 21 heavy (non-hydrogen) atoms. The minimum atomic E-state index is -0.905. The molecule has 0 aliphatic rings. The Labute approximate surface area is 125 Å². The molecule has 2 rings (SSSR count). The number of benzene rings is 2. The molecule has 0 fully saturated rings. The van der Waals surface area contributed by atoms with Crippen LogP contribution in [0.2, 0.25) is 0 Å². The monoisotopic (exact) mass is 284 g/mol. The molecule has 0 atom stereocenters. The summed E-state index contributed by atoms with van der Waals surface area (Å²) in [6, 6.07) is 14.9. The van der Waals surface area contributed by atoms with Crippen molar-refractivity contribution < 1.29 is 14.6 Å². The van der Waals surface area contributed by atoms with Gasteiger partial charge in [0.2, 0.25) is 0 Å². The second kappa shape index (κ2) is 7.60. The zero-order chi connectivity index (χ0) is 15.1. The normalized spacial score (nSPS) is 10.5. The van der Waals surface area contributed by atoms with Gasteiger partial charge >= 0.3 is 5.97 Å². The second-order valence-electron chi connectivity index (χ2n) is 4.95. The van der Waals surface area contributed by atoms with Crippen LogP contribution in [0.15, 0.2) is 48.5 Å². The number of hydrogen-bond acceptors (Lipinski definition) is 2. The SMILES string of the molecule is CCCCOCc1ccc(-c2ccccc2C(=O)O)cc1. The molecular weight excluding hydrogens is 264 g/mol. The van der Waals surface area contributed by atoms with Gasteiger partial charge in [-0.05, 0) is 29.2 Å². The number of hydrogen-bond donors (Lipinski definition) is 1. The molecule has 0 radical (unpaired) electrons. The maximum absolute atomic E-state index is 11.2. The molecule has 0 aromatic heterocycles. The van der Waals surface area contributed by atoms with Crippen molar-refractivity contribution in [2.24, 2.45) is 0 Å². The minimum Gasteiger partial charge on any atom is -0.478 e. The highest BCUT2D eigenvalue weighted by atomic mass is 16.5. The number of carboxylic acid groups (broad SMARTS) is 1. The van der Waals surface area contributed by atoms with Gasteiger partial charge in [0.1, 0.15) is 0 Å². The van der Waals surface area contributed by atoms with Crippen LogP contribution in [-0.4, -0.2) is 17.7 Å². The van der Waals surface area contributed by atoms with E-state index in [9.17, 15) is 9.90 Å². The molecule has 0 amide bonds. The Kier molecular flexibility index (Phi) is 5.52. The van der Waals surface area contributed by atoms with E-state index in [2.05, 4.69) is 6.92 Å². The van der Waals surface area contributed by atoms with Crippen LogP contribution in [-0.2, 0) is 11.3 Å². The van der Waals surface area contributed by atoms with Gasteiger partial charge in [0.05, 0.1) is 12.2 Å². The first-order valence-electron chi connectivity index (χ1n) is 7.21. The maximum atomic E-state index is 11.2. The van der Waals surface area contributed by atoms with Gasteiger partial charge in [0, 0.05) is 6.61 Å². The summed E-state index contributed by atoms with van der Waals surface area (Å²) >= 11 is 0. The molecule has 2 aromatic carbocycles. The molecule has 110 valence electrons. The van der Waals surface area contributed by atoms with Crippen molar-refractivity contribution in [2.75, 3.05) is 6.61 Å².